The average Bonchev–Trinajstić information content (AvgIpc) is 2.47. The Bertz CT molecular complexity index is 613. The first-order valence-corrected chi connectivity index (χ1v) is 6.97. The highest BCUT2D eigenvalue weighted by molar-refractivity contribution is 5.22. The Morgan fingerprint density at radius 1 is 1.05 bits per heavy atom. The van der Waals surface area contributed by atoms with E-state index in [1.165, 1.54) is 25.3 Å². The van der Waals surface area contributed by atoms with E-state index in [1.54, 1.807) is 18.2 Å². The minimum atomic E-state index is -0.623. The molecule has 22 heavy (non-hydrogen) atoms. The number of ether oxygens (including phenoxy) is 1. The summed E-state index contributed by atoms with van der Waals surface area (Å²) in [4.78, 5) is 0. The topological polar surface area (TPSA) is 21.3 Å². The van der Waals surface area contributed by atoms with Gasteiger partial charge >= 0.3 is 0 Å². The van der Waals surface area contributed by atoms with E-state index in [0.29, 0.717) is 11.1 Å². The molecule has 0 fully saturated rings. The zero-order valence-electron chi connectivity index (χ0n) is 12.4. The third kappa shape index (κ3) is 4.08. The fourth-order valence-electron chi connectivity index (χ4n) is 2.41. The number of hydrogen-bond acceptors (Lipinski definition) is 2. The summed E-state index contributed by atoms with van der Waals surface area (Å²) < 4.78 is 45.5. The lowest BCUT2D eigenvalue weighted by Gasteiger charge is -2.24. The molecule has 5 heteroatoms. The summed E-state index contributed by atoms with van der Waals surface area (Å²) in [5, 5.41) is 3.11. The second-order valence-electron chi connectivity index (χ2n) is 5.13. The monoisotopic (exact) mass is 309 g/mol. The summed E-state index contributed by atoms with van der Waals surface area (Å²) in [5.74, 6) is -1.59. The van der Waals surface area contributed by atoms with Crippen molar-refractivity contribution in [3.05, 3.63) is 71.0 Å². The highest BCUT2D eigenvalue weighted by Gasteiger charge is 2.21. The van der Waals surface area contributed by atoms with Crippen LogP contribution in [0.1, 0.15) is 24.2 Å². The van der Waals surface area contributed by atoms with Gasteiger partial charge in [0.25, 0.3) is 0 Å². The molecule has 1 N–H and O–H groups in total. The predicted molar refractivity (Wildman–Crippen MR) is 78.8 cm³/mol. The number of nitrogens with one attached hydrogen (secondary N) is 1. The maximum absolute atomic E-state index is 13.8. The lowest BCUT2D eigenvalue weighted by molar-refractivity contribution is 0.0700. The zero-order chi connectivity index (χ0) is 16.1. The SMILES string of the molecule is CO[C@@H](c1ccccc1F)[C@H](C)NCc1cc(F)cc(F)c1. The molecule has 0 saturated heterocycles. The molecule has 0 aliphatic rings. The van der Waals surface area contributed by atoms with Gasteiger partial charge in [0.15, 0.2) is 0 Å². The van der Waals surface area contributed by atoms with Crippen LogP contribution in [-0.4, -0.2) is 13.2 Å². The Kier molecular flexibility index (Phi) is 5.57. The van der Waals surface area contributed by atoms with E-state index < -0.39 is 17.7 Å². The van der Waals surface area contributed by atoms with Crippen LogP contribution in [0.2, 0.25) is 0 Å². The Balaban J connectivity index is 2.06. The van der Waals surface area contributed by atoms with Crippen LogP contribution in [0.5, 0.6) is 0 Å². The summed E-state index contributed by atoms with van der Waals surface area (Å²) in [6.07, 6.45) is -0.500. The Hall–Kier alpha value is -1.85. The molecular formula is C17H18F3NO. The average molecular weight is 309 g/mol. The van der Waals surface area contributed by atoms with Crippen LogP contribution in [0.15, 0.2) is 42.5 Å². The fourth-order valence-corrected chi connectivity index (χ4v) is 2.41. The molecular weight excluding hydrogens is 291 g/mol. The highest BCUT2D eigenvalue weighted by atomic mass is 19.1. The van der Waals surface area contributed by atoms with Gasteiger partial charge in [0, 0.05) is 31.3 Å². The lowest BCUT2D eigenvalue weighted by Crippen LogP contribution is -2.33. The zero-order valence-corrected chi connectivity index (χ0v) is 12.4. The summed E-state index contributed by atoms with van der Waals surface area (Å²) in [6.45, 7) is 2.08. The van der Waals surface area contributed by atoms with Crippen molar-refractivity contribution in [1.29, 1.82) is 0 Å². The normalized spacial score (nSPS) is 13.9. The summed E-state index contributed by atoms with van der Waals surface area (Å²) >= 11 is 0. The third-order valence-corrected chi connectivity index (χ3v) is 3.47. The number of hydrogen-bond donors (Lipinski definition) is 1. The van der Waals surface area contributed by atoms with Crippen LogP contribution < -0.4 is 5.32 Å². The maximum Gasteiger partial charge on any atom is 0.129 e. The number of methoxy groups -OCH3 is 1. The molecule has 0 saturated carbocycles. The number of benzene rings is 2. The molecule has 0 spiro atoms. The van der Waals surface area contributed by atoms with Crippen LogP contribution in [0.25, 0.3) is 0 Å². The summed E-state index contributed by atoms with van der Waals surface area (Å²) in [7, 11) is 1.50. The van der Waals surface area contributed by atoms with Crippen molar-refractivity contribution in [3.8, 4) is 0 Å². The van der Waals surface area contributed by atoms with Crippen LogP contribution in [0.3, 0.4) is 0 Å². The molecule has 0 aromatic heterocycles. The predicted octanol–water partition coefficient (Wildman–Crippen LogP) is 3.97. The molecule has 0 radical (unpaired) electrons. The molecule has 0 heterocycles. The molecule has 118 valence electrons. The van der Waals surface area contributed by atoms with Crippen molar-refractivity contribution < 1.29 is 17.9 Å². The molecule has 2 nitrogen and oxygen atoms in total. The molecule has 2 aromatic rings. The van der Waals surface area contributed by atoms with E-state index in [9.17, 15) is 13.2 Å². The van der Waals surface area contributed by atoms with E-state index in [-0.39, 0.29) is 18.4 Å². The molecule has 2 rings (SSSR count). The van der Waals surface area contributed by atoms with Gasteiger partial charge in [0.05, 0.1) is 6.10 Å². The Morgan fingerprint density at radius 2 is 1.68 bits per heavy atom. The number of rotatable bonds is 6. The second-order valence-corrected chi connectivity index (χ2v) is 5.13. The van der Waals surface area contributed by atoms with Crippen molar-refractivity contribution in [2.45, 2.75) is 25.6 Å². The molecule has 0 bridgehead atoms. The maximum atomic E-state index is 13.8. The van der Waals surface area contributed by atoms with Crippen molar-refractivity contribution in [3.63, 3.8) is 0 Å². The first kappa shape index (κ1) is 16.5. The van der Waals surface area contributed by atoms with Gasteiger partial charge in [-0.25, -0.2) is 13.2 Å². The molecule has 0 aliphatic heterocycles. The Morgan fingerprint density at radius 3 is 2.27 bits per heavy atom. The lowest BCUT2D eigenvalue weighted by atomic mass is 10.0. The van der Waals surface area contributed by atoms with Gasteiger partial charge in [-0.3, -0.25) is 0 Å². The standard InChI is InChI=1S/C17H18F3NO/c1-11(17(22-2)15-5-3-4-6-16(15)20)21-10-12-7-13(18)9-14(19)8-12/h3-9,11,17,21H,10H2,1-2H3/t11-,17+/m0/s1. The first-order valence-electron chi connectivity index (χ1n) is 6.97. The first-order chi connectivity index (χ1) is 10.5. The van der Waals surface area contributed by atoms with E-state index in [0.717, 1.165) is 6.07 Å². The van der Waals surface area contributed by atoms with Gasteiger partial charge in [-0.05, 0) is 30.7 Å². The molecule has 0 aliphatic carbocycles. The largest absolute Gasteiger partial charge is 0.375 e. The third-order valence-electron chi connectivity index (χ3n) is 3.47. The quantitative estimate of drug-likeness (QED) is 0.872. The van der Waals surface area contributed by atoms with E-state index >= 15 is 0 Å². The molecule has 2 atom stereocenters. The van der Waals surface area contributed by atoms with Crippen LogP contribution in [0, 0.1) is 17.5 Å². The van der Waals surface area contributed by atoms with Gasteiger partial charge in [0.2, 0.25) is 0 Å². The molecule has 2 aromatic carbocycles. The van der Waals surface area contributed by atoms with Crippen LogP contribution in [0.4, 0.5) is 13.2 Å². The van der Waals surface area contributed by atoms with Crippen molar-refractivity contribution >= 4 is 0 Å². The van der Waals surface area contributed by atoms with Crippen LogP contribution >= 0.6 is 0 Å². The van der Waals surface area contributed by atoms with Gasteiger partial charge < -0.3 is 10.1 Å². The van der Waals surface area contributed by atoms with Gasteiger partial charge in [0.1, 0.15) is 17.5 Å². The smallest absolute Gasteiger partial charge is 0.129 e. The van der Waals surface area contributed by atoms with Crippen molar-refractivity contribution in [2.75, 3.05) is 7.11 Å². The minimum Gasteiger partial charge on any atom is -0.375 e. The van der Waals surface area contributed by atoms with Gasteiger partial charge in [-0.2, -0.15) is 0 Å². The highest BCUT2D eigenvalue weighted by Crippen LogP contribution is 2.23. The van der Waals surface area contributed by atoms with Gasteiger partial charge in [-0.1, -0.05) is 18.2 Å². The molecule has 0 unspecified atom stereocenters. The van der Waals surface area contributed by atoms with Crippen molar-refractivity contribution in [2.24, 2.45) is 0 Å². The summed E-state index contributed by atoms with van der Waals surface area (Å²) in [5.41, 5.74) is 0.920. The number of halogens is 3. The Labute approximate surface area is 127 Å². The van der Waals surface area contributed by atoms with Gasteiger partial charge in [-0.15, -0.1) is 0 Å². The van der Waals surface area contributed by atoms with Crippen LogP contribution in [-0.2, 0) is 11.3 Å². The summed E-state index contributed by atoms with van der Waals surface area (Å²) in [6, 6.07) is 9.47. The molecule has 0 amide bonds. The minimum absolute atomic E-state index is 0.242. The fraction of sp³-hybridized carbons (Fsp3) is 0.294. The van der Waals surface area contributed by atoms with Crippen molar-refractivity contribution in [1.82, 2.24) is 5.32 Å². The van der Waals surface area contributed by atoms with E-state index in [4.69, 9.17) is 4.74 Å². The van der Waals surface area contributed by atoms with E-state index in [2.05, 4.69) is 5.32 Å². The van der Waals surface area contributed by atoms with E-state index in [1.807, 2.05) is 6.92 Å². The second kappa shape index (κ2) is 7.42.